The van der Waals surface area contributed by atoms with Gasteiger partial charge in [-0.2, -0.15) is 0 Å². The van der Waals surface area contributed by atoms with Crippen LogP contribution in [0.25, 0.3) is 0 Å². The minimum absolute atomic E-state index is 0.0869. The molecule has 6 nitrogen and oxygen atoms in total. The lowest BCUT2D eigenvalue weighted by atomic mass is 10.1. The maximum absolute atomic E-state index is 12.8. The lowest BCUT2D eigenvalue weighted by Gasteiger charge is -2.18. The van der Waals surface area contributed by atoms with Gasteiger partial charge in [0.15, 0.2) is 6.10 Å². The van der Waals surface area contributed by atoms with Crippen LogP contribution in [0.2, 0.25) is 0 Å². The van der Waals surface area contributed by atoms with E-state index in [1.807, 2.05) is 0 Å². The molecule has 386 valence electrons. The molecule has 0 saturated heterocycles. The van der Waals surface area contributed by atoms with Crippen LogP contribution in [0, 0.1) is 0 Å². The number of unbranched alkanes of at least 4 members (excludes halogenated alkanes) is 20. The van der Waals surface area contributed by atoms with E-state index in [0.717, 1.165) is 135 Å². The normalized spacial score (nSPS) is 12.9. The molecule has 0 fully saturated rings. The first-order valence-electron chi connectivity index (χ1n) is 27.9. The van der Waals surface area contributed by atoms with Crippen LogP contribution >= 0.6 is 0 Å². The molecule has 0 aromatic heterocycles. The van der Waals surface area contributed by atoms with Gasteiger partial charge in [0.2, 0.25) is 0 Å². The minimum Gasteiger partial charge on any atom is -0.462 e. The molecule has 0 spiro atoms. The molecule has 0 N–H and O–H groups in total. The van der Waals surface area contributed by atoms with Crippen molar-refractivity contribution in [2.75, 3.05) is 13.2 Å². The van der Waals surface area contributed by atoms with Crippen molar-refractivity contribution in [3.63, 3.8) is 0 Å². The smallest absolute Gasteiger partial charge is 0.306 e. The third-order valence-corrected chi connectivity index (χ3v) is 11.5. The van der Waals surface area contributed by atoms with Gasteiger partial charge in [-0.3, -0.25) is 14.4 Å². The van der Waals surface area contributed by atoms with Gasteiger partial charge in [-0.05, 0) is 103 Å². The van der Waals surface area contributed by atoms with Crippen molar-refractivity contribution in [3.8, 4) is 0 Å². The van der Waals surface area contributed by atoms with E-state index in [-0.39, 0.29) is 31.1 Å². The predicted octanol–water partition coefficient (Wildman–Crippen LogP) is 18.7. The standard InChI is InChI=1S/C62H102O6/c1-4-7-10-13-16-18-20-22-24-25-26-27-28-29-30-31-32-33-34-35-36-37-39-40-42-44-46-49-52-55-61(64)67-58-59(57-66-60(63)54-51-48-15-12-9-6-3)68-62(65)56-53-50-47-45-43-41-38-23-21-19-17-14-11-8-5-2/h7-8,10-11,16-19,22-24,26-27,29-30,32-33,38,59H,4-6,9,12-15,20-21,25,28,31,34-37,39-58H2,1-3H3/b10-7-,11-8-,18-16-,19-17-,24-22-,27-26-,30-29-,33-32-,38-23-. The summed E-state index contributed by atoms with van der Waals surface area (Å²) in [5.41, 5.74) is 0. The number of hydrogen-bond acceptors (Lipinski definition) is 6. The zero-order valence-electron chi connectivity index (χ0n) is 44.1. The molecule has 0 aliphatic rings. The first-order valence-corrected chi connectivity index (χ1v) is 27.9. The van der Waals surface area contributed by atoms with Crippen molar-refractivity contribution in [1.29, 1.82) is 0 Å². The summed E-state index contributed by atoms with van der Waals surface area (Å²) in [5, 5.41) is 0. The van der Waals surface area contributed by atoms with Crippen LogP contribution in [0.1, 0.15) is 245 Å². The summed E-state index contributed by atoms with van der Waals surface area (Å²) in [4.78, 5) is 37.8. The van der Waals surface area contributed by atoms with Gasteiger partial charge >= 0.3 is 17.9 Å². The predicted molar refractivity (Wildman–Crippen MR) is 293 cm³/mol. The number of carbonyl (C=O) groups excluding carboxylic acids is 3. The van der Waals surface area contributed by atoms with Crippen LogP contribution in [0.3, 0.4) is 0 Å². The number of hydrogen-bond donors (Lipinski definition) is 0. The lowest BCUT2D eigenvalue weighted by molar-refractivity contribution is -0.167. The second-order valence-corrected chi connectivity index (χ2v) is 18.1. The number of ether oxygens (including phenoxy) is 3. The lowest BCUT2D eigenvalue weighted by Crippen LogP contribution is -2.30. The Morgan fingerprint density at radius 2 is 0.574 bits per heavy atom. The molecule has 68 heavy (non-hydrogen) atoms. The Morgan fingerprint density at radius 3 is 0.897 bits per heavy atom. The van der Waals surface area contributed by atoms with E-state index in [2.05, 4.69) is 130 Å². The van der Waals surface area contributed by atoms with Gasteiger partial charge in [0, 0.05) is 19.3 Å². The maximum Gasteiger partial charge on any atom is 0.306 e. The van der Waals surface area contributed by atoms with Gasteiger partial charge in [-0.1, -0.05) is 233 Å². The molecule has 1 unspecified atom stereocenters. The zero-order chi connectivity index (χ0) is 49.3. The highest BCUT2D eigenvalue weighted by Crippen LogP contribution is 2.14. The fourth-order valence-electron chi connectivity index (χ4n) is 7.40. The first kappa shape index (κ1) is 64.1. The third-order valence-electron chi connectivity index (χ3n) is 11.5. The Balaban J connectivity index is 4.13. The van der Waals surface area contributed by atoms with Crippen molar-refractivity contribution < 1.29 is 28.6 Å². The van der Waals surface area contributed by atoms with Gasteiger partial charge in [0.25, 0.3) is 0 Å². The van der Waals surface area contributed by atoms with E-state index in [4.69, 9.17) is 14.2 Å². The summed E-state index contributed by atoms with van der Waals surface area (Å²) in [7, 11) is 0. The van der Waals surface area contributed by atoms with E-state index >= 15 is 0 Å². The maximum atomic E-state index is 12.8. The van der Waals surface area contributed by atoms with E-state index in [1.165, 1.54) is 70.6 Å². The molecule has 0 aromatic carbocycles. The largest absolute Gasteiger partial charge is 0.462 e. The third kappa shape index (κ3) is 53.0. The first-order chi connectivity index (χ1) is 33.5. The van der Waals surface area contributed by atoms with Crippen LogP contribution < -0.4 is 0 Å². The molecule has 1 atom stereocenters. The van der Waals surface area contributed by atoms with Crippen LogP contribution in [0.15, 0.2) is 109 Å². The monoisotopic (exact) mass is 943 g/mol. The molecular weight excluding hydrogens is 841 g/mol. The second-order valence-electron chi connectivity index (χ2n) is 18.1. The van der Waals surface area contributed by atoms with Crippen molar-refractivity contribution in [2.24, 2.45) is 0 Å². The van der Waals surface area contributed by atoms with E-state index in [9.17, 15) is 14.4 Å². The van der Waals surface area contributed by atoms with E-state index < -0.39 is 6.10 Å². The molecule has 0 aromatic rings. The molecule has 6 heteroatoms. The molecule has 0 saturated carbocycles. The average Bonchev–Trinajstić information content (AvgIpc) is 3.34. The zero-order valence-corrected chi connectivity index (χ0v) is 44.1. The Kier molecular flexibility index (Phi) is 52.4. The summed E-state index contributed by atoms with van der Waals surface area (Å²) >= 11 is 0. The molecule has 0 rings (SSSR count). The van der Waals surface area contributed by atoms with Crippen molar-refractivity contribution in [2.45, 2.75) is 252 Å². The SMILES string of the molecule is CC/C=C\C/C=C\C/C=C\C/C=C\C/C=C\C/C=C\CCCCCCCCCCCCC(=O)OCC(COC(=O)CCCCCCCC)OC(=O)CCCCCCC/C=C\C/C=C\C/C=C\CC. The summed E-state index contributed by atoms with van der Waals surface area (Å²) in [6.07, 6.45) is 75.4. The number of carbonyl (C=O) groups is 3. The summed E-state index contributed by atoms with van der Waals surface area (Å²) in [5.74, 6) is -0.921. The quantitative estimate of drug-likeness (QED) is 0.0262. The fraction of sp³-hybridized carbons (Fsp3) is 0.661. The van der Waals surface area contributed by atoms with Crippen LogP contribution in [0.5, 0.6) is 0 Å². The average molecular weight is 943 g/mol. The summed E-state index contributed by atoms with van der Waals surface area (Å²) in [6, 6.07) is 0. The minimum atomic E-state index is -0.786. The summed E-state index contributed by atoms with van der Waals surface area (Å²) < 4.78 is 16.7. The molecule has 0 aliphatic heterocycles. The number of rotatable bonds is 49. The van der Waals surface area contributed by atoms with E-state index in [1.54, 1.807) is 0 Å². The highest BCUT2D eigenvalue weighted by atomic mass is 16.6. The molecular formula is C62H102O6. The summed E-state index contributed by atoms with van der Waals surface area (Å²) in [6.45, 7) is 6.33. The fourth-order valence-corrected chi connectivity index (χ4v) is 7.40. The molecule has 0 aliphatic carbocycles. The van der Waals surface area contributed by atoms with Crippen molar-refractivity contribution in [3.05, 3.63) is 109 Å². The highest BCUT2D eigenvalue weighted by Gasteiger charge is 2.19. The van der Waals surface area contributed by atoms with E-state index in [0.29, 0.717) is 19.3 Å². The van der Waals surface area contributed by atoms with Gasteiger partial charge in [-0.25, -0.2) is 0 Å². The molecule has 0 heterocycles. The topological polar surface area (TPSA) is 78.9 Å². The van der Waals surface area contributed by atoms with Crippen LogP contribution in [0.4, 0.5) is 0 Å². The van der Waals surface area contributed by atoms with Crippen LogP contribution in [-0.2, 0) is 28.6 Å². The Morgan fingerprint density at radius 1 is 0.309 bits per heavy atom. The van der Waals surface area contributed by atoms with Gasteiger partial charge in [0.1, 0.15) is 13.2 Å². The van der Waals surface area contributed by atoms with Crippen molar-refractivity contribution in [1.82, 2.24) is 0 Å². The van der Waals surface area contributed by atoms with Gasteiger partial charge in [0.05, 0.1) is 0 Å². The van der Waals surface area contributed by atoms with Gasteiger partial charge in [-0.15, -0.1) is 0 Å². The number of esters is 3. The van der Waals surface area contributed by atoms with Crippen LogP contribution in [-0.4, -0.2) is 37.2 Å². The second kappa shape index (κ2) is 55.7. The van der Waals surface area contributed by atoms with Gasteiger partial charge < -0.3 is 14.2 Å². The Hall–Kier alpha value is -3.93. The number of allylic oxidation sites excluding steroid dienone is 18. The molecule has 0 bridgehead atoms. The highest BCUT2D eigenvalue weighted by molar-refractivity contribution is 5.71. The Labute approximate surface area is 419 Å². The van der Waals surface area contributed by atoms with Crippen molar-refractivity contribution >= 4 is 17.9 Å². The molecule has 0 radical (unpaired) electrons. The molecule has 0 amide bonds. The Bertz CT molecular complexity index is 1410.